The number of cyclic esters (lactones) is 1. The molecule has 2 heterocycles. The summed E-state index contributed by atoms with van der Waals surface area (Å²) in [6, 6.07) is 0. The van der Waals surface area contributed by atoms with Crippen LogP contribution in [-0.2, 0) is 19.0 Å². The predicted octanol–water partition coefficient (Wildman–Crippen LogP) is 3.21. The molecule has 4 aliphatic carbocycles. The molecule has 126 valence electrons. The summed E-state index contributed by atoms with van der Waals surface area (Å²) in [6.07, 6.45) is 13.6. The van der Waals surface area contributed by atoms with Crippen molar-refractivity contribution in [1.29, 1.82) is 0 Å². The Kier molecular flexibility index (Phi) is 3.18. The Morgan fingerprint density at radius 1 is 1.04 bits per heavy atom. The highest BCUT2D eigenvalue weighted by Gasteiger charge is 2.63. The molecule has 2 saturated heterocycles. The lowest BCUT2D eigenvalue weighted by atomic mass is 9.54. The molecule has 0 aromatic carbocycles. The molecular formula is C19H26O4. The highest BCUT2D eigenvalue weighted by molar-refractivity contribution is 5.80. The largest absolute Gasteiger partial charge is 0.465 e. The van der Waals surface area contributed by atoms with Crippen molar-refractivity contribution in [2.75, 3.05) is 13.2 Å². The molecule has 4 nitrogen and oxygen atoms in total. The van der Waals surface area contributed by atoms with Gasteiger partial charge in [0.1, 0.15) is 0 Å². The maximum atomic E-state index is 12.7. The molecule has 5 atom stereocenters. The molecule has 6 aliphatic rings. The average molecular weight is 318 g/mol. The van der Waals surface area contributed by atoms with Crippen molar-refractivity contribution in [2.45, 2.75) is 63.3 Å². The summed E-state index contributed by atoms with van der Waals surface area (Å²) in [5.74, 6) is 0.695. The van der Waals surface area contributed by atoms with Crippen molar-refractivity contribution in [3.05, 3.63) is 12.2 Å². The third-order valence-corrected chi connectivity index (χ3v) is 7.10. The molecule has 0 radical (unpaired) electrons. The number of allylic oxidation sites excluding steroid dienone is 2. The van der Waals surface area contributed by atoms with E-state index in [1.807, 2.05) is 0 Å². The van der Waals surface area contributed by atoms with Gasteiger partial charge in [0.25, 0.3) is 0 Å². The number of fused-ring (bicyclic) bond motifs is 1. The summed E-state index contributed by atoms with van der Waals surface area (Å²) >= 11 is 0. The fourth-order valence-corrected chi connectivity index (χ4v) is 5.89. The van der Waals surface area contributed by atoms with Gasteiger partial charge in [-0.3, -0.25) is 4.79 Å². The minimum absolute atomic E-state index is 0.0206. The van der Waals surface area contributed by atoms with Crippen LogP contribution in [-0.4, -0.2) is 31.1 Å². The molecule has 4 fully saturated rings. The van der Waals surface area contributed by atoms with E-state index in [0.29, 0.717) is 25.0 Å². The van der Waals surface area contributed by atoms with Gasteiger partial charge in [-0.1, -0.05) is 18.6 Å². The van der Waals surface area contributed by atoms with Crippen LogP contribution in [0.15, 0.2) is 12.2 Å². The molecule has 0 unspecified atom stereocenters. The lowest BCUT2D eigenvalue weighted by molar-refractivity contribution is -0.196. The van der Waals surface area contributed by atoms with E-state index in [2.05, 4.69) is 12.2 Å². The minimum atomic E-state index is -0.362. The molecule has 4 heteroatoms. The van der Waals surface area contributed by atoms with Crippen LogP contribution in [0.1, 0.15) is 51.4 Å². The van der Waals surface area contributed by atoms with Crippen LogP contribution in [0, 0.1) is 23.2 Å². The highest BCUT2D eigenvalue weighted by atomic mass is 16.7. The first kappa shape index (κ1) is 14.5. The summed E-state index contributed by atoms with van der Waals surface area (Å²) < 4.78 is 18.2. The van der Waals surface area contributed by atoms with Gasteiger partial charge in [0.2, 0.25) is 0 Å². The molecule has 2 bridgehead atoms. The third kappa shape index (κ3) is 2.00. The Balaban J connectivity index is 1.42. The summed E-state index contributed by atoms with van der Waals surface area (Å²) in [5, 5.41) is 0. The zero-order chi connectivity index (χ0) is 15.5. The van der Waals surface area contributed by atoms with Gasteiger partial charge in [-0.25, -0.2) is 0 Å². The van der Waals surface area contributed by atoms with Crippen LogP contribution in [0.2, 0.25) is 0 Å². The van der Waals surface area contributed by atoms with E-state index in [1.54, 1.807) is 0 Å². The monoisotopic (exact) mass is 318 g/mol. The van der Waals surface area contributed by atoms with Gasteiger partial charge in [0.05, 0.1) is 24.7 Å². The van der Waals surface area contributed by atoms with Gasteiger partial charge >= 0.3 is 5.97 Å². The zero-order valence-electron chi connectivity index (χ0n) is 13.7. The van der Waals surface area contributed by atoms with E-state index in [4.69, 9.17) is 14.2 Å². The Morgan fingerprint density at radius 3 is 2.61 bits per heavy atom. The van der Waals surface area contributed by atoms with Gasteiger partial charge < -0.3 is 14.2 Å². The zero-order valence-corrected chi connectivity index (χ0v) is 13.7. The minimum Gasteiger partial charge on any atom is -0.465 e. The van der Waals surface area contributed by atoms with Crippen LogP contribution in [0.4, 0.5) is 0 Å². The first-order valence-electron chi connectivity index (χ1n) is 9.39. The lowest BCUT2D eigenvalue weighted by Gasteiger charge is -2.47. The van der Waals surface area contributed by atoms with E-state index >= 15 is 0 Å². The second kappa shape index (κ2) is 5.06. The van der Waals surface area contributed by atoms with E-state index in [-0.39, 0.29) is 29.2 Å². The van der Waals surface area contributed by atoms with Crippen LogP contribution in [0.25, 0.3) is 0 Å². The summed E-state index contributed by atoms with van der Waals surface area (Å²) in [7, 11) is 0. The second-order valence-corrected chi connectivity index (χ2v) is 8.22. The molecule has 0 N–H and O–H groups in total. The Bertz CT molecular complexity index is 535. The SMILES string of the molecule is O=C1OC[C@H]([C@@H]2COC3(CCCCC3)O2)[C@]12C[C@H]1C=C[C@@H]2CC1. The standard InChI is InChI=1S/C19H26O4/c20-17-19(10-13-4-6-14(19)7-5-13)15(11-21-17)16-12-22-18(23-16)8-2-1-3-9-18/h4,6,13-16H,1-3,5,7-12H2/t13-,14+,15+,16-,19+/m0/s1. The number of hydrogen-bond acceptors (Lipinski definition) is 4. The number of esters is 1. The molecule has 2 aliphatic heterocycles. The maximum absolute atomic E-state index is 12.7. The highest BCUT2D eigenvalue weighted by Crippen LogP contribution is 2.58. The van der Waals surface area contributed by atoms with E-state index < -0.39 is 0 Å². The number of carbonyl (C=O) groups excluding carboxylic acids is 1. The second-order valence-electron chi connectivity index (χ2n) is 8.22. The molecule has 23 heavy (non-hydrogen) atoms. The molecule has 0 aromatic rings. The Labute approximate surface area is 137 Å². The van der Waals surface area contributed by atoms with Gasteiger partial charge in [-0.15, -0.1) is 0 Å². The smallest absolute Gasteiger partial charge is 0.313 e. The van der Waals surface area contributed by atoms with Crippen LogP contribution in [0.3, 0.4) is 0 Å². The number of rotatable bonds is 1. The van der Waals surface area contributed by atoms with E-state index in [1.165, 1.54) is 25.7 Å². The first-order valence-corrected chi connectivity index (χ1v) is 9.39. The normalized spacial score (nSPS) is 47.6. The molecule has 2 spiro atoms. The van der Waals surface area contributed by atoms with Gasteiger partial charge in [0.15, 0.2) is 5.79 Å². The Hall–Kier alpha value is -0.870. The van der Waals surface area contributed by atoms with Crippen molar-refractivity contribution in [3.63, 3.8) is 0 Å². The van der Waals surface area contributed by atoms with Crippen LogP contribution >= 0.6 is 0 Å². The molecule has 2 saturated carbocycles. The van der Waals surface area contributed by atoms with Crippen molar-refractivity contribution in [1.82, 2.24) is 0 Å². The topological polar surface area (TPSA) is 44.8 Å². The van der Waals surface area contributed by atoms with Crippen molar-refractivity contribution in [3.8, 4) is 0 Å². The first-order chi connectivity index (χ1) is 11.2. The van der Waals surface area contributed by atoms with Crippen LogP contribution in [0.5, 0.6) is 0 Å². The van der Waals surface area contributed by atoms with Gasteiger partial charge in [0, 0.05) is 18.8 Å². The quantitative estimate of drug-likeness (QED) is 0.550. The van der Waals surface area contributed by atoms with E-state index in [9.17, 15) is 4.79 Å². The van der Waals surface area contributed by atoms with Crippen molar-refractivity contribution in [2.24, 2.45) is 23.2 Å². The molecule has 0 amide bonds. The molecular weight excluding hydrogens is 292 g/mol. The van der Waals surface area contributed by atoms with Gasteiger partial charge in [-0.2, -0.15) is 0 Å². The fraction of sp³-hybridized carbons (Fsp3) is 0.842. The summed E-state index contributed by atoms with van der Waals surface area (Å²) in [5.41, 5.74) is -0.341. The predicted molar refractivity (Wildman–Crippen MR) is 83.5 cm³/mol. The number of carbonyl (C=O) groups is 1. The molecule has 0 aromatic heterocycles. The number of ether oxygens (including phenoxy) is 3. The van der Waals surface area contributed by atoms with Crippen LogP contribution < -0.4 is 0 Å². The lowest BCUT2D eigenvalue weighted by Crippen LogP contribution is -2.50. The molecule has 6 rings (SSSR count). The van der Waals surface area contributed by atoms with E-state index in [0.717, 1.165) is 25.7 Å². The third-order valence-electron chi connectivity index (χ3n) is 7.10. The Morgan fingerprint density at radius 2 is 1.91 bits per heavy atom. The van der Waals surface area contributed by atoms with Crippen molar-refractivity contribution < 1.29 is 19.0 Å². The summed E-state index contributed by atoms with van der Waals surface area (Å²) in [4.78, 5) is 12.7. The number of hydrogen-bond donors (Lipinski definition) is 0. The maximum Gasteiger partial charge on any atom is 0.313 e. The summed E-state index contributed by atoms with van der Waals surface area (Å²) in [6.45, 7) is 1.14. The average Bonchev–Trinajstić information content (AvgIpc) is 3.12. The van der Waals surface area contributed by atoms with Crippen molar-refractivity contribution >= 4 is 5.97 Å². The fourth-order valence-electron chi connectivity index (χ4n) is 5.89. The van der Waals surface area contributed by atoms with Gasteiger partial charge in [-0.05, 0) is 43.9 Å².